The van der Waals surface area contributed by atoms with Gasteiger partial charge in [-0.2, -0.15) is 4.72 Å². The van der Waals surface area contributed by atoms with Crippen molar-refractivity contribution in [3.63, 3.8) is 0 Å². The second-order valence-corrected chi connectivity index (χ2v) is 11.1. The van der Waals surface area contributed by atoms with E-state index >= 15 is 0 Å². The standard InChI is InChI=1S/C25H21NO5S2/c1-14(2)24(25(27)28)26-33(29,30)17-8-10-19-18-9-7-16(11-20(18)31-21(19)13-17)23-12-15-5-3-4-6-22(15)32-23/h3-14,24,26H,1-2H3,(H,27,28)/t24-/m0/s1. The summed E-state index contributed by atoms with van der Waals surface area (Å²) in [6.45, 7) is 3.30. The van der Waals surface area contributed by atoms with E-state index < -0.39 is 28.0 Å². The molecule has 2 heterocycles. The molecule has 2 N–H and O–H groups in total. The number of nitrogens with one attached hydrogen (secondary N) is 1. The first-order valence-electron chi connectivity index (χ1n) is 10.4. The number of carbonyl (C=O) groups is 1. The molecule has 0 aliphatic carbocycles. The van der Waals surface area contributed by atoms with Crippen LogP contribution in [0, 0.1) is 5.92 Å². The van der Waals surface area contributed by atoms with E-state index in [1.807, 2.05) is 30.3 Å². The van der Waals surface area contributed by atoms with Gasteiger partial charge in [0.15, 0.2) is 0 Å². The number of aliphatic carboxylic acids is 1. The van der Waals surface area contributed by atoms with Crippen molar-refractivity contribution in [1.29, 1.82) is 0 Å². The molecule has 6 nitrogen and oxygen atoms in total. The molecule has 8 heteroatoms. The first-order valence-corrected chi connectivity index (χ1v) is 12.7. The Labute approximate surface area is 194 Å². The fourth-order valence-corrected chi connectivity index (χ4v) is 6.32. The van der Waals surface area contributed by atoms with Crippen molar-refractivity contribution in [2.24, 2.45) is 5.92 Å². The molecule has 0 amide bonds. The molecular formula is C25H21NO5S2. The second-order valence-electron chi connectivity index (χ2n) is 8.30. The number of benzene rings is 3. The number of sulfonamides is 1. The topological polar surface area (TPSA) is 96.6 Å². The third-order valence-corrected chi connectivity index (χ3v) is 8.28. The van der Waals surface area contributed by atoms with Gasteiger partial charge >= 0.3 is 5.97 Å². The van der Waals surface area contributed by atoms with Crippen molar-refractivity contribution in [2.45, 2.75) is 24.8 Å². The minimum Gasteiger partial charge on any atom is -0.480 e. The lowest BCUT2D eigenvalue weighted by Gasteiger charge is -2.17. The molecular weight excluding hydrogens is 458 g/mol. The van der Waals surface area contributed by atoms with Gasteiger partial charge in [-0.25, -0.2) is 8.42 Å². The largest absolute Gasteiger partial charge is 0.480 e. The molecule has 0 aliphatic rings. The number of rotatable bonds is 6. The van der Waals surface area contributed by atoms with Crippen LogP contribution in [0.1, 0.15) is 13.8 Å². The van der Waals surface area contributed by atoms with Gasteiger partial charge in [0.2, 0.25) is 10.0 Å². The second kappa shape index (κ2) is 7.98. The van der Waals surface area contributed by atoms with Crippen LogP contribution >= 0.6 is 11.3 Å². The van der Waals surface area contributed by atoms with Crippen LogP contribution in [0.4, 0.5) is 0 Å². The molecule has 3 aromatic carbocycles. The van der Waals surface area contributed by atoms with E-state index in [1.165, 1.54) is 22.2 Å². The van der Waals surface area contributed by atoms with Crippen LogP contribution in [0.3, 0.4) is 0 Å². The number of carboxylic acids is 1. The van der Waals surface area contributed by atoms with Crippen molar-refractivity contribution in [3.8, 4) is 10.4 Å². The van der Waals surface area contributed by atoms with E-state index in [-0.39, 0.29) is 4.90 Å². The maximum atomic E-state index is 12.8. The van der Waals surface area contributed by atoms with Crippen molar-refractivity contribution < 1.29 is 22.7 Å². The van der Waals surface area contributed by atoms with Crippen molar-refractivity contribution >= 4 is 59.4 Å². The average Bonchev–Trinajstić information content (AvgIpc) is 3.37. The summed E-state index contributed by atoms with van der Waals surface area (Å²) in [5, 5.41) is 12.2. The zero-order chi connectivity index (χ0) is 23.3. The lowest BCUT2D eigenvalue weighted by Crippen LogP contribution is -2.44. The van der Waals surface area contributed by atoms with Crippen LogP contribution in [0.2, 0.25) is 0 Å². The highest BCUT2D eigenvalue weighted by molar-refractivity contribution is 7.89. The highest BCUT2D eigenvalue weighted by atomic mass is 32.2. The Bertz CT molecular complexity index is 1600. The normalized spacial score (nSPS) is 13.3. The molecule has 33 heavy (non-hydrogen) atoms. The molecule has 0 saturated heterocycles. The van der Waals surface area contributed by atoms with Gasteiger partial charge in [0.05, 0.1) is 4.90 Å². The van der Waals surface area contributed by atoms with Crippen LogP contribution in [-0.4, -0.2) is 25.5 Å². The molecule has 0 spiro atoms. The lowest BCUT2D eigenvalue weighted by molar-refractivity contribution is -0.140. The molecule has 0 bridgehead atoms. The zero-order valence-electron chi connectivity index (χ0n) is 17.9. The summed E-state index contributed by atoms with van der Waals surface area (Å²) < 4.78 is 35.2. The summed E-state index contributed by atoms with van der Waals surface area (Å²) in [5.41, 5.74) is 2.12. The molecule has 0 saturated carbocycles. The summed E-state index contributed by atoms with van der Waals surface area (Å²) in [6, 6.07) is 19.7. The fourth-order valence-electron chi connectivity index (χ4n) is 3.91. The van der Waals surface area contributed by atoms with Crippen molar-refractivity contribution in [1.82, 2.24) is 4.72 Å². The van der Waals surface area contributed by atoms with Gasteiger partial charge in [-0.05, 0) is 53.3 Å². The van der Waals surface area contributed by atoms with Gasteiger partial charge in [0, 0.05) is 26.4 Å². The molecule has 2 aromatic heterocycles. The molecule has 5 aromatic rings. The van der Waals surface area contributed by atoms with Crippen LogP contribution in [0.5, 0.6) is 0 Å². The minimum absolute atomic E-state index is 0.0364. The molecule has 0 aliphatic heterocycles. The number of hydrogen-bond donors (Lipinski definition) is 2. The third-order valence-electron chi connectivity index (χ3n) is 5.68. The fraction of sp³-hybridized carbons (Fsp3) is 0.160. The van der Waals surface area contributed by atoms with Gasteiger partial charge in [-0.3, -0.25) is 4.79 Å². The van der Waals surface area contributed by atoms with E-state index in [2.05, 4.69) is 22.9 Å². The van der Waals surface area contributed by atoms with Gasteiger partial charge in [0.25, 0.3) is 0 Å². The van der Waals surface area contributed by atoms with E-state index in [4.69, 9.17) is 4.42 Å². The quantitative estimate of drug-likeness (QED) is 0.318. The number of thiophene rings is 1. The average molecular weight is 480 g/mol. The number of furan rings is 1. The molecule has 1 atom stereocenters. The molecule has 5 rings (SSSR count). The van der Waals surface area contributed by atoms with Gasteiger partial charge in [-0.1, -0.05) is 38.1 Å². The Hall–Kier alpha value is -3.20. The van der Waals surface area contributed by atoms with Crippen LogP contribution < -0.4 is 4.72 Å². The van der Waals surface area contributed by atoms with Crippen molar-refractivity contribution in [3.05, 3.63) is 66.7 Å². The van der Waals surface area contributed by atoms with Crippen molar-refractivity contribution in [2.75, 3.05) is 0 Å². The van der Waals surface area contributed by atoms with E-state index in [9.17, 15) is 18.3 Å². The summed E-state index contributed by atoms with van der Waals surface area (Å²) in [7, 11) is -4.03. The van der Waals surface area contributed by atoms with Crippen LogP contribution in [-0.2, 0) is 14.8 Å². The van der Waals surface area contributed by atoms with E-state index in [0.717, 1.165) is 21.2 Å². The Kier molecular flexibility index (Phi) is 5.23. The lowest BCUT2D eigenvalue weighted by atomic mass is 10.1. The predicted octanol–water partition coefficient (Wildman–Crippen LogP) is 5.86. The maximum Gasteiger partial charge on any atom is 0.322 e. The smallest absolute Gasteiger partial charge is 0.322 e. The maximum absolute atomic E-state index is 12.8. The highest BCUT2D eigenvalue weighted by Crippen LogP contribution is 2.37. The summed E-state index contributed by atoms with van der Waals surface area (Å²) in [5.74, 6) is -1.62. The molecule has 0 radical (unpaired) electrons. The Morgan fingerprint density at radius 1 is 0.970 bits per heavy atom. The summed E-state index contributed by atoms with van der Waals surface area (Å²) in [4.78, 5) is 12.5. The zero-order valence-corrected chi connectivity index (χ0v) is 19.5. The molecule has 0 unspecified atom stereocenters. The van der Waals surface area contributed by atoms with Crippen LogP contribution in [0.15, 0.2) is 76.0 Å². The first-order chi connectivity index (χ1) is 15.7. The van der Waals surface area contributed by atoms with Crippen LogP contribution in [0.25, 0.3) is 42.5 Å². The monoisotopic (exact) mass is 479 g/mol. The Morgan fingerprint density at radius 3 is 2.36 bits per heavy atom. The van der Waals surface area contributed by atoms with E-state index in [1.54, 1.807) is 31.3 Å². The van der Waals surface area contributed by atoms with Gasteiger partial charge in [0.1, 0.15) is 17.2 Å². The SMILES string of the molecule is CC(C)[C@H](NS(=O)(=O)c1ccc2c(c1)oc1cc(-c3cc4ccccc4s3)ccc12)C(=O)O. The predicted molar refractivity (Wildman–Crippen MR) is 131 cm³/mol. The molecule has 0 fully saturated rings. The van der Waals surface area contributed by atoms with E-state index in [0.29, 0.717) is 11.2 Å². The Balaban J connectivity index is 1.54. The highest BCUT2D eigenvalue weighted by Gasteiger charge is 2.28. The number of hydrogen-bond acceptors (Lipinski definition) is 5. The summed E-state index contributed by atoms with van der Waals surface area (Å²) in [6.07, 6.45) is 0. The third kappa shape index (κ3) is 3.90. The van der Waals surface area contributed by atoms with Gasteiger partial charge in [-0.15, -0.1) is 11.3 Å². The molecule has 168 valence electrons. The number of fused-ring (bicyclic) bond motifs is 4. The summed E-state index contributed by atoms with van der Waals surface area (Å²) >= 11 is 1.70. The Morgan fingerprint density at radius 2 is 1.67 bits per heavy atom. The first kappa shape index (κ1) is 21.6. The van der Waals surface area contributed by atoms with Gasteiger partial charge < -0.3 is 9.52 Å². The minimum atomic E-state index is -4.03. The number of carboxylic acid groups (broad SMARTS) is 1.